The Morgan fingerprint density at radius 2 is 1.92 bits per heavy atom. The summed E-state index contributed by atoms with van der Waals surface area (Å²) < 4.78 is 5.25. The number of hydrogen-bond donors (Lipinski definition) is 0. The molecular weight excluding hydrogens is 164 g/mol. The molecule has 0 saturated carbocycles. The van der Waals surface area contributed by atoms with E-state index in [0.717, 1.165) is 5.76 Å². The van der Waals surface area contributed by atoms with Crippen molar-refractivity contribution in [3.63, 3.8) is 0 Å². The quantitative estimate of drug-likeness (QED) is 0.369. The van der Waals surface area contributed by atoms with Crippen LogP contribution >= 0.6 is 0 Å². The van der Waals surface area contributed by atoms with E-state index in [1.165, 1.54) is 13.0 Å². The molecule has 13 heavy (non-hydrogen) atoms. The Kier molecular flexibility index (Phi) is 6.60. The van der Waals surface area contributed by atoms with Crippen LogP contribution in [0.15, 0.2) is 36.1 Å². The zero-order valence-electron chi connectivity index (χ0n) is 8.41. The van der Waals surface area contributed by atoms with Gasteiger partial charge in [0.2, 0.25) is 0 Å². The van der Waals surface area contributed by atoms with Gasteiger partial charge in [-0.1, -0.05) is 12.2 Å². The molecule has 0 aromatic heterocycles. The number of ether oxygens (including phenoxy) is 1. The third-order valence-electron chi connectivity index (χ3n) is 1.30. The van der Waals surface area contributed by atoms with E-state index in [-0.39, 0.29) is 5.78 Å². The Labute approximate surface area is 79.6 Å². The van der Waals surface area contributed by atoms with Gasteiger partial charge in [0.25, 0.3) is 0 Å². The van der Waals surface area contributed by atoms with Crippen LogP contribution < -0.4 is 0 Å². The van der Waals surface area contributed by atoms with Crippen molar-refractivity contribution in [1.29, 1.82) is 0 Å². The van der Waals surface area contributed by atoms with Crippen LogP contribution in [0.4, 0.5) is 0 Å². The van der Waals surface area contributed by atoms with Crippen molar-refractivity contribution in [2.24, 2.45) is 0 Å². The highest BCUT2D eigenvalue weighted by Gasteiger charge is 1.85. The first-order valence-electron chi connectivity index (χ1n) is 4.35. The van der Waals surface area contributed by atoms with Crippen LogP contribution in [0.5, 0.6) is 0 Å². The molecule has 0 heterocycles. The fourth-order valence-corrected chi connectivity index (χ4v) is 0.736. The van der Waals surface area contributed by atoms with Crippen molar-refractivity contribution in [3.8, 4) is 0 Å². The highest BCUT2D eigenvalue weighted by molar-refractivity contribution is 5.87. The Morgan fingerprint density at radius 1 is 1.31 bits per heavy atom. The predicted octanol–water partition coefficient (Wildman–Crippen LogP) is 2.63. The summed E-state index contributed by atoms with van der Waals surface area (Å²) >= 11 is 0. The molecule has 0 bridgehead atoms. The van der Waals surface area contributed by atoms with E-state index in [9.17, 15) is 4.79 Å². The molecule has 0 aliphatic rings. The molecule has 0 atom stereocenters. The van der Waals surface area contributed by atoms with Crippen LogP contribution in [0.2, 0.25) is 0 Å². The van der Waals surface area contributed by atoms with Crippen LogP contribution in [-0.4, -0.2) is 12.4 Å². The molecule has 0 fully saturated rings. The summed E-state index contributed by atoms with van der Waals surface area (Å²) in [4.78, 5) is 10.5. The van der Waals surface area contributed by atoms with Crippen molar-refractivity contribution in [3.05, 3.63) is 36.1 Å². The van der Waals surface area contributed by atoms with Crippen LogP contribution in [0, 0.1) is 0 Å². The monoisotopic (exact) mass is 180 g/mol. The largest absolute Gasteiger partial charge is 0.494 e. The number of ketones is 1. The Balaban J connectivity index is 4.01. The summed E-state index contributed by atoms with van der Waals surface area (Å²) in [5, 5.41) is 0. The Hall–Kier alpha value is -1.31. The predicted molar refractivity (Wildman–Crippen MR) is 54.3 cm³/mol. The van der Waals surface area contributed by atoms with E-state index in [4.69, 9.17) is 4.74 Å². The highest BCUT2D eigenvalue weighted by Crippen LogP contribution is 1.98. The average Bonchev–Trinajstić information content (AvgIpc) is 2.10. The summed E-state index contributed by atoms with van der Waals surface area (Å²) in [5.41, 5.74) is 0. The van der Waals surface area contributed by atoms with Crippen molar-refractivity contribution in [2.75, 3.05) is 6.61 Å². The molecule has 0 unspecified atom stereocenters. The van der Waals surface area contributed by atoms with Crippen LogP contribution in [0.25, 0.3) is 0 Å². The van der Waals surface area contributed by atoms with Crippen molar-refractivity contribution < 1.29 is 9.53 Å². The zero-order valence-corrected chi connectivity index (χ0v) is 8.41. The van der Waals surface area contributed by atoms with Gasteiger partial charge in [-0.25, -0.2) is 0 Å². The SMILES string of the molecule is C\C=C(/C=C\C=C\C(C)=O)OCC. The molecule has 0 aliphatic carbocycles. The lowest BCUT2D eigenvalue weighted by Crippen LogP contribution is -1.86. The van der Waals surface area contributed by atoms with E-state index in [2.05, 4.69) is 0 Å². The number of rotatable bonds is 5. The first kappa shape index (κ1) is 11.7. The minimum atomic E-state index is 0.0445. The molecule has 2 heteroatoms. The summed E-state index contributed by atoms with van der Waals surface area (Å²) in [6, 6.07) is 0. The van der Waals surface area contributed by atoms with Gasteiger partial charge in [0.15, 0.2) is 5.78 Å². The molecule has 0 aliphatic heterocycles. The second kappa shape index (κ2) is 7.35. The first-order chi connectivity index (χ1) is 6.20. The maximum absolute atomic E-state index is 10.5. The fourth-order valence-electron chi connectivity index (χ4n) is 0.736. The van der Waals surface area contributed by atoms with E-state index in [1.807, 2.05) is 26.0 Å². The minimum absolute atomic E-state index is 0.0445. The molecule has 0 radical (unpaired) electrons. The molecular formula is C11H16O2. The Bertz CT molecular complexity index is 234. The number of carbonyl (C=O) groups is 1. The summed E-state index contributed by atoms with van der Waals surface area (Å²) in [7, 11) is 0. The van der Waals surface area contributed by atoms with Gasteiger partial charge >= 0.3 is 0 Å². The van der Waals surface area contributed by atoms with Gasteiger partial charge in [-0.15, -0.1) is 0 Å². The zero-order chi connectivity index (χ0) is 10.1. The first-order valence-corrected chi connectivity index (χ1v) is 4.35. The second-order valence-corrected chi connectivity index (χ2v) is 2.45. The summed E-state index contributed by atoms with van der Waals surface area (Å²) in [6.45, 7) is 6.01. The molecule has 0 amide bonds. The highest BCUT2D eigenvalue weighted by atomic mass is 16.5. The lowest BCUT2D eigenvalue weighted by Gasteiger charge is -2.00. The van der Waals surface area contributed by atoms with Crippen molar-refractivity contribution in [2.45, 2.75) is 20.8 Å². The molecule has 0 N–H and O–H groups in total. The minimum Gasteiger partial charge on any atom is -0.494 e. The molecule has 0 aromatic carbocycles. The molecule has 0 rings (SSSR count). The van der Waals surface area contributed by atoms with E-state index in [1.54, 1.807) is 12.2 Å². The molecule has 0 spiro atoms. The fraction of sp³-hybridized carbons (Fsp3) is 0.364. The van der Waals surface area contributed by atoms with Crippen LogP contribution in [-0.2, 0) is 9.53 Å². The third kappa shape index (κ3) is 7.06. The topological polar surface area (TPSA) is 26.3 Å². The van der Waals surface area contributed by atoms with Gasteiger partial charge in [-0.05, 0) is 39.0 Å². The van der Waals surface area contributed by atoms with E-state index < -0.39 is 0 Å². The van der Waals surface area contributed by atoms with Crippen molar-refractivity contribution in [1.82, 2.24) is 0 Å². The maximum atomic E-state index is 10.5. The van der Waals surface area contributed by atoms with Gasteiger partial charge < -0.3 is 4.74 Å². The smallest absolute Gasteiger partial charge is 0.152 e. The van der Waals surface area contributed by atoms with Crippen molar-refractivity contribution >= 4 is 5.78 Å². The van der Waals surface area contributed by atoms with E-state index >= 15 is 0 Å². The van der Waals surface area contributed by atoms with Gasteiger partial charge in [0.05, 0.1) is 6.61 Å². The second-order valence-electron chi connectivity index (χ2n) is 2.45. The average molecular weight is 180 g/mol. The molecule has 72 valence electrons. The molecule has 0 aromatic rings. The molecule has 2 nitrogen and oxygen atoms in total. The number of carbonyl (C=O) groups excluding carboxylic acids is 1. The number of allylic oxidation sites excluding steroid dienone is 5. The lowest BCUT2D eigenvalue weighted by atomic mass is 10.3. The van der Waals surface area contributed by atoms with E-state index in [0.29, 0.717) is 6.61 Å². The standard InChI is InChI=1S/C11H16O2/c1-4-11(13-5-2)9-7-6-8-10(3)12/h4,6-9H,5H2,1-3H3/b8-6+,9-7-,11-4+. The molecule has 0 saturated heterocycles. The van der Waals surface area contributed by atoms with Gasteiger partial charge in [0.1, 0.15) is 5.76 Å². The van der Waals surface area contributed by atoms with Crippen LogP contribution in [0.3, 0.4) is 0 Å². The normalized spacial score (nSPS) is 12.7. The Morgan fingerprint density at radius 3 is 2.38 bits per heavy atom. The summed E-state index contributed by atoms with van der Waals surface area (Å²) in [5.74, 6) is 0.860. The van der Waals surface area contributed by atoms with Gasteiger partial charge in [0, 0.05) is 0 Å². The summed E-state index contributed by atoms with van der Waals surface area (Å²) in [6.07, 6.45) is 8.69. The maximum Gasteiger partial charge on any atom is 0.152 e. The third-order valence-corrected chi connectivity index (χ3v) is 1.30. The van der Waals surface area contributed by atoms with Gasteiger partial charge in [-0.3, -0.25) is 4.79 Å². The van der Waals surface area contributed by atoms with Crippen LogP contribution in [0.1, 0.15) is 20.8 Å². The lowest BCUT2D eigenvalue weighted by molar-refractivity contribution is -0.112. The number of hydrogen-bond acceptors (Lipinski definition) is 2. The van der Waals surface area contributed by atoms with Gasteiger partial charge in [-0.2, -0.15) is 0 Å².